The average molecular weight is 553 g/mol. The molecule has 3 aromatic carbocycles. The van der Waals surface area contributed by atoms with Crippen molar-refractivity contribution in [2.45, 2.75) is 37.3 Å². The van der Waals surface area contributed by atoms with E-state index in [1.807, 2.05) is 0 Å². The molecule has 38 heavy (non-hydrogen) atoms. The summed E-state index contributed by atoms with van der Waals surface area (Å²) < 4.78 is 127. The van der Waals surface area contributed by atoms with Crippen molar-refractivity contribution in [1.29, 1.82) is 0 Å². The quantitative estimate of drug-likeness (QED) is 0.283. The molecule has 3 aromatic rings. The second-order valence-corrected chi connectivity index (χ2v) is 8.08. The second-order valence-electron chi connectivity index (χ2n) is 8.08. The van der Waals surface area contributed by atoms with Crippen LogP contribution < -0.4 is 14.4 Å². The molecule has 0 aliphatic heterocycles. The summed E-state index contributed by atoms with van der Waals surface area (Å²) in [5, 5.41) is 9.68. The third-order valence-electron chi connectivity index (χ3n) is 5.05. The van der Waals surface area contributed by atoms with Crippen molar-refractivity contribution in [1.82, 2.24) is 0 Å². The molecule has 0 aliphatic carbocycles. The highest BCUT2D eigenvalue weighted by atomic mass is 19.4. The predicted molar refractivity (Wildman–Crippen MR) is 119 cm³/mol. The summed E-state index contributed by atoms with van der Waals surface area (Å²) in [6.45, 7) is -1.42. The van der Waals surface area contributed by atoms with Gasteiger partial charge in [0, 0.05) is 18.3 Å². The topological polar surface area (TPSA) is 41.9 Å². The zero-order valence-corrected chi connectivity index (χ0v) is 19.2. The first-order chi connectivity index (χ1) is 17.6. The number of hydrogen-bond acceptors (Lipinski definition) is 4. The lowest BCUT2D eigenvalue weighted by atomic mass is 10.1. The van der Waals surface area contributed by atoms with Crippen molar-refractivity contribution in [2.75, 3.05) is 11.4 Å². The van der Waals surface area contributed by atoms with Crippen LogP contribution in [0, 0.1) is 0 Å². The number of halogens is 9. The van der Waals surface area contributed by atoms with Crippen molar-refractivity contribution >= 4 is 5.69 Å². The van der Waals surface area contributed by atoms with Crippen LogP contribution in [-0.2, 0) is 6.54 Å². The molecule has 0 saturated heterocycles. The highest BCUT2D eigenvalue weighted by Gasteiger charge is 2.59. The fourth-order valence-electron chi connectivity index (χ4n) is 3.33. The van der Waals surface area contributed by atoms with Gasteiger partial charge in [-0.05, 0) is 42.0 Å². The predicted octanol–water partition coefficient (Wildman–Crippen LogP) is 7.28. The Labute approximate surface area is 210 Å². The summed E-state index contributed by atoms with van der Waals surface area (Å²) in [5.74, 6) is -0.129. The molecule has 1 N–H and O–H groups in total. The van der Waals surface area contributed by atoms with Gasteiger partial charge < -0.3 is 19.5 Å². The summed E-state index contributed by atoms with van der Waals surface area (Å²) in [6.07, 6.45) is -23.4. The molecule has 0 fully saturated rings. The number of ether oxygens (including phenoxy) is 2. The molecule has 13 heteroatoms. The lowest BCUT2D eigenvalue weighted by Crippen LogP contribution is -2.46. The molecule has 0 heterocycles. The first-order valence-electron chi connectivity index (χ1n) is 10.8. The third kappa shape index (κ3) is 8.20. The maximum atomic E-state index is 13.1. The maximum absolute atomic E-state index is 13.1. The Hall–Kier alpha value is -3.61. The lowest BCUT2D eigenvalue weighted by Gasteiger charge is -2.29. The van der Waals surface area contributed by atoms with Crippen LogP contribution >= 0.6 is 0 Å². The van der Waals surface area contributed by atoms with Gasteiger partial charge in [0.2, 0.25) is 0 Å². The van der Waals surface area contributed by atoms with Gasteiger partial charge in [-0.2, -0.15) is 39.5 Å². The van der Waals surface area contributed by atoms with Crippen LogP contribution in [0.1, 0.15) is 5.56 Å². The zero-order chi connectivity index (χ0) is 28.1. The van der Waals surface area contributed by atoms with Gasteiger partial charge in [-0.25, -0.2) is 0 Å². The molecular formula is C25H20F9NO3. The molecule has 0 spiro atoms. The Morgan fingerprint density at radius 2 is 1.24 bits per heavy atom. The van der Waals surface area contributed by atoms with Crippen molar-refractivity contribution in [2.24, 2.45) is 0 Å². The Kier molecular flexibility index (Phi) is 8.70. The Morgan fingerprint density at radius 1 is 0.658 bits per heavy atom. The molecule has 4 nitrogen and oxygen atoms in total. The van der Waals surface area contributed by atoms with Gasteiger partial charge >= 0.3 is 18.5 Å². The van der Waals surface area contributed by atoms with E-state index in [9.17, 15) is 44.6 Å². The normalized spacial score (nSPS) is 13.3. The fraction of sp³-hybridized carbons (Fsp3) is 0.280. The molecule has 0 bridgehead atoms. The van der Waals surface area contributed by atoms with E-state index in [0.717, 1.165) is 23.1 Å². The van der Waals surface area contributed by atoms with Crippen molar-refractivity contribution in [3.8, 4) is 17.2 Å². The molecule has 0 radical (unpaired) electrons. The molecule has 0 saturated carbocycles. The molecule has 0 aliphatic rings. The van der Waals surface area contributed by atoms with E-state index in [-0.39, 0.29) is 17.0 Å². The van der Waals surface area contributed by atoms with Crippen LogP contribution in [0.3, 0.4) is 0 Å². The standard InChI is InChI=1S/C25H20F9NO3/c26-23(27,28)21(36)15-35(17-7-5-11-20(13-17)37-18-8-2-1-3-9-18)14-16-6-4-10-19(12-16)38-22(24(29,30)31)25(32,33)34/h1-13,21-22,36H,14-15H2/t21-/m1/s1. The van der Waals surface area contributed by atoms with Gasteiger partial charge in [0.15, 0.2) is 6.10 Å². The van der Waals surface area contributed by atoms with Crippen LogP contribution in [0.5, 0.6) is 17.2 Å². The summed E-state index contributed by atoms with van der Waals surface area (Å²) in [7, 11) is 0. The SMILES string of the molecule is O[C@H](CN(Cc1cccc(OC(C(F)(F)F)C(F)(F)F)c1)c1cccc(Oc2ccccc2)c1)C(F)(F)F. The number of aliphatic hydroxyl groups is 1. The van der Waals surface area contributed by atoms with Gasteiger partial charge in [0.25, 0.3) is 6.10 Å². The van der Waals surface area contributed by atoms with E-state index >= 15 is 0 Å². The number of hydrogen-bond donors (Lipinski definition) is 1. The summed E-state index contributed by atoms with van der Waals surface area (Å²) in [6, 6.07) is 18.3. The van der Waals surface area contributed by atoms with E-state index in [1.165, 1.54) is 30.3 Å². The summed E-state index contributed by atoms with van der Waals surface area (Å²) in [4.78, 5) is 1.06. The van der Waals surface area contributed by atoms with Gasteiger partial charge in [0.05, 0.1) is 6.54 Å². The number of para-hydroxylation sites is 1. The number of benzene rings is 3. The van der Waals surface area contributed by atoms with Crippen LogP contribution in [0.4, 0.5) is 45.2 Å². The van der Waals surface area contributed by atoms with E-state index < -0.39 is 49.6 Å². The maximum Gasteiger partial charge on any atom is 0.434 e. The molecule has 3 rings (SSSR count). The third-order valence-corrected chi connectivity index (χ3v) is 5.05. The van der Waals surface area contributed by atoms with Crippen LogP contribution in [0.15, 0.2) is 78.9 Å². The highest BCUT2D eigenvalue weighted by molar-refractivity contribution is 5.52. The number of rotatable bonds is 9. The van der Waals surface area contributed by atoms with E-state index in [0.29, 0.717) is 5.75 Å². The molecule has 0 amide bonds. The Bertz CT molecular complexity index is 1170. The Balaban J connectivity index is 1.89. The second kappa shape index (κ2) is 11.4. The minimum absolute atomic E-state index is 0.0226. The van der Waals surface area contributed by atoms with E-state index in [2.05, 4.69) is 4.74 Å². The number of nitrogens with zero attached hydrogens (tertiary/aromatic N) is 1. The van der Waals surface area contributed by atoms with Crippen LogP contribution in [-0.4, -0.2) is 42.4 Å². The monoisotopic (exact) mass is 553 g/mol. The minimum atomic E-state index is -5.75. The highest BCUT2D eigenvalue weighted by Crippen LogP contribution is 2.37. The zero-order valence-electron chi connectivity index (χ0n) is 19.2. The van der Waals surface area contributed by atoms with Crippen LogP contribution in [0.2, 0.25) is 0 Å². The molecule has 0 aromatic heterocycles. The number of anilines is 1. The molecule has 206 valence electrons. The van der Waals surface area contributed by atoms with Crippen molar-refractivity contribution < 1.29 is 54.1 Å². The smallest absolute Gasteiger partial charge is 0.434 e. The lowest BCUT2D eigenvalue weighted by molar-refractivity contribution is -0.299. The number of aliphatic hydroxyl groups excluding tert-OH is 1. The summed E-state index contributed by atoms with van der Waals surface area (Å²) in [5.41, 5.74) is 0.158. The van der Waals surface area contributed by atoms with Gasteiger partial charge in [-0.15, -0.1) is 0 Å². The average Bonchev–Trinajstić information content (AvgIpc) is 2.81. The van der Waals surface area contributed by atoms with Gasteiger partial charge in [-0.1, -0.05) is 36.4 Å². The van der Waals surface area contributed by atoms with Gasteiger partial charge in [-0.3, -0.25) is 0 Å². The largest absolute Gasteiger partial charge is 0.471 e. The van der Waals surface area contributed by atoms with Gasteiger partial charge in [0.1, 0.15) is 17.2 Å². The fourth-order valence-corrected chi connectivity index (χ4v) is 3.33. The minimum Gasteiger partial charge on any atom is -0.471 e. The molecule has 1 atom stereocenters. The number of alkyl halides is 9. The Morgan fingerprint density at radius 3 is 1.84 bits per heavy atom. The summed E-state index contributed by atoms with van der Waals surface area (Å²) >= 11 is 0. The van der Waals surface area contributed by atoms with E-state index in [1.54, 1.807) is 30.3 Å². The van der Waals surface area contributed by atoms with E-state index in [4.69, 9.17) is 4.74 Å². The van der Waals surface area contributed by atoms with Crippen LogP contribution in [0.25, 0.3) is 0 Å². The van der Waals surface area contributed by atoms with Crippen molar-refractivity contribution in [3.63, 3.8) is 0 Å². The molecular weight excluding hydrogens is 533 g/mol. The first-order valence-corrected chi connectivity index (χ1v) is 10.8. The first kappa shape index (κ1) is 29.0. The molecule has 0 unspecified atom stereocenters. The van der Waals surface area contributed by atoms with Crippen molar-refractivity contribution in [3.05, 3.63) is 84.4 Å².